The van der Waals surface area contributed by atoms with Crippen LogP contribution in [0.4, 0.5) is 0 Å². The van der Waals surface area contributed by atoms with Crippen molar-refractivity contribution in [2.75, 3.05) is 0 Å². The van der Waals surface area contributed by atoms with Gasteiger partial charge in [0.05, 0.1) is 0 Å². The van der Waals surface area contributed by atoms with E-state index in [9.17, 15) is 4.79 Å². The van der Waals surface area contributed by atoms with Gasteiger partial charge in [0.2, 0.25) is 0 Å². The second kappa shape index (κ2) is 4.20. The second-order valence-electron chi connectivity index (χ2n) is 5.65. The van der Waals surface area contributed by atoms with Crippen LogP contribution in [0.1, 0.15) is 40.5 Å². The highest BCUT2D eigenvalue weighted by molar-refractivity contribution is 5.77. The van der Waals surface area contributed by atoms with Crippen LogP contribution in [-0.4, -0.2) is 5.78 Å². The van der Waals surface area contributed by atoms with Gasteiger partial charge in [0.1, 0.15) is 5.78 Å². The lowest BCUT2D eigenvalue weighted by Crippen LogP contribution is -2.13. The highest BCUT2D eigenvalue weighted by atomic mass is 16.1. The highest BCUT2D eigenvalue weighted by Crippen LogP contribution is 2.50. The zero-order valence-electron chi connectivity index (χ0n) is 10.8. The first kappa shape index (κ1) is 11.6. The average Bonchev–Trinajstić information content (AvgIpc) is 2.97. The summed E-state index contributed by atoms with van der Waals surface area (Å²) in [5.74, 6) is 2.70. The molecule has 0 amide bonds. The number of Topliss-reactive ketones (excluding diaryl/α,β-unsaturated/α-hetero) is 1. The van der Waals surface area contributed by atoms with E-state index in [-0.39, 0.29) is 5.92 Å². The molecule has 0 bridgehead atoms. The van der Waals surface area contributed by atoms with Gasteiger partial charge >= 0.3 is 0 Å². The van der Waals surface area contributed by atoms with E-state index in [1.165, 1.54) is 12.0 Å². The zero-order valence-corrected chi connectivity index (χ0v) is 10.8. The van der Waals surface area contributed by atoms with Crippen LogP contribution >= 0.6 is 0 Å². The molecule has 0 radical (unpaired) electrons. The minimum atomic E-state index is 0.195. The number of hydrogen-bond donors (Lipinski definition) is 0. The third kappa shape index (κ3) is 2.14. The number of ketones is 1. The van der Waals surface area contributed by atoms with Crippen molar-refractivity contribution in [1.29, 1.82) is 0 Å². The molecule has 0 N–H and O–H groups in total. The molecular weight excluding hydrogens is 196 g/mol. The van der Waals surface area contributed by atoms with E-state index in [4.69, 9.17) is 0 Å². The van der Waals surface area contributed by atoms with Gasteiger partial charge in [0.25, 0.3) is 0 Å². The molecule has 2 aliphatic rings. The first-order chi connectivity index (χ1) is 7.50. The molecule has 0 heterocycles. The van der Waals surface area contributed by atoms with Crippen molar-refractivity contribution < 1.29 is 4.79 Å². The normalized spacial score (nSPS) is 31.0. The van der Waals surface area contributed by atoms with Crippen molar-refractivity contribution >= 4 is 5.78 Å². The minimum Gasteiger partial charge on any atom is -0.300 e. The molecule has 2 aliphatic carbocycles. The summed E-state index contributed by atoms with van der Waals surface area (Å²) >= 11 is 0. The molecule has 0 aromatic heterocycles. The number of carbonyl (C=O) groups excluding carboxylic acids is 1. The van der Waals surface area contributed by atoms with Gasteiger partial charge in [0, 0.05) is 5.92 Å². The Balaban J connectivity index is 2.04. The van der Waals surface area contributed by atoms with Crippen molar-refractivity contribution in [1.82, 2.24) is 0 Å². The summed E-state index contributed by atoms with van der Waals surface area (Å²) < 4.78 is 0. The standard InChI is InChI=1S/C15H22O/c1-9(12(4)16)7-10(2)14-6-5-13-8-15(13)11(14)3/h5-6,9-10,13,15H,7-8H2,1-4H3. The molecule has 0 spiro atoms. The van der Waals surface area contributed by atoms with Crippen molar-refractivity contribution in [3.63, 3.8) is 0 Å². The Bertz CT molecular complexity index is 362. The predicted octanol–water partition coefficient (Wildman–Crippen LogP) is 3.76. The third-order valence-corrected chi connectivity index (χ3v) is 4.31. The quantitative estimate of drug-likeness (QED) is 0.702. The van der Waals surface area contributed by atoms with Crippen molar-refractivity contribution in [2.45, 2.75) is 40.5 Å². The molecule has 0 aromatic rings. The van der Waals surface area contributed by atoms with Crippen molar-refractivity contribution in [3.8, 4) is 0 Å². The Hall–Kier alpha value is -0.850. The first-order valence-corrected chi connectivity index (χ1v) is 6.40. The molecule has 1 fully saturated rings. The van der Waals surface area contributed by atoms with Gasteiger partial charge in [-0.1, -0.05) is 31.6 Å². The van der Waals surface area contributed by atoms with Crippen molar-refractivity contribution in [2.24, 2.45) is 23.7 Å². The SMILES string of the molecule is CC(=O)C(C)CC(C)C1=C(C)C2CC2C=C1. The maximum atomic E-state index is 11.3. The Labute approximate surface area is 98.6 Å². The Kier molecular flexibility index (Phi) is 3.05. The van der Waals surface area contributed by atoms with Crippen LogP contribution in [0.15, 0.2) is 23.3 Å². The topological polar surface area (TPSA) is 17.1 Å². The fourth-order valence-corrected chi connectivity index (χ4v) is 2.87. The summed E-state index contributed by atoms with van der Waals surface area (Å²) in [6.45, 7) is 8.28. The predicted molar refractivity (Wildman–Crippen MR) is 67.1 cm³/mol. The molecule has 0 saturated heterocycles. The average molecular weight is 218 g/mol. The van der Waals surface area contributed by atoms with E-state index in [2.05, 4.69) is 26.0 Å². The van der Waals surface area contributed by atoms with Crippen LogP contribution in [-0.2, 0) is 4.79 Å². The smallest absolute Gasteiger partial charge is 0.132 e. The summed E-state index contributed by atoms with van der Waals surface area (Å²) in [4.78, 5) is 11.3. The molecule has 2 rings (SSSR count). The molecule has 0 aliphatic heterocycles. The van der Waals surface area contributed by atoms with E-state index in [1.54, 1.807) is 12.5 Å². The molecule has 0 aromatic carbocycles. The molecule has 4 unspecified atom stereocenters. The fourth-order valence-electron chi connectivity index (χ4n) is 2.87. The zero-order chi connectivity index (χ0) is 11.9. The number of hydrogen-bond acceptors (Lipinski definition) is 1. The monoisotopic (exact) mass is 218 g/mol. The van der Waals surface area contributed by atoms with Gasteiger partial charge in [-0.25, -0.2) is 0 Å². The van der Waals surface area contributed by atoms with Gasteiger partial charge in [-0.05, 0) is 50.0 Å². The summed E-state index contributed by atoms with van der Waals surface area (Å²) in [6.07, 6.45) is 7.01. The van der Waals surface area contributed by atoms with Gasteiger partial charge in [-0.3, -0.25) is 4.79 Å². The van der Waals surface area contributed by atoms with E-state index in [0.29, 0.717) is 11.7 Å². The first-order valence-electron chi connectivity index (χ1n) is 6.40. The molecular formula is C15H22O. The third-order valence-electron chi connectivity index (χ3n) is 4.31. The molecule has 4 atom stereocenters. The lowest BCUT2D eigenvalue weighted by atomic mass is 9.84. The van der Waals surface area contributed by atoms with Crippen LogP contribution in [0.3, 0.4) is 0 Å². The summed E-state index contributed by atoms with van der Waals surface area (Å²) in [5.41, 5.74) is 3.07. The number of allylic oxidation sites excluding steroid dienone is 4. The molecule has 1 nitrogen and oxygen atoms in total. The number of carbonyl (C=O) groups is 1. The number of fused-ring (bicyclic) bond motifs is 1. The van der Waals surface area contributed by atoms with E-state index >= 15 is 0 Å². The van der Waals surface area contributed by atoms with Gasteiger partial charge < -0.3 is 0 Å². The van der Waals surface area contributed by atoms with Crippen LogP contribution in [0.2, 0.25) is 0 Å². The molecule has 16 heavy (non-hydrogen) atoms. The lowest BCUT2D eigenvalue weighted by Gasteiger charge is -2.21. The van der Waals surface area contributed by atoms with E-state index in [1.807, 2.05) is 6.92 Å². The van der Waals surface area contributed by atoms with Gasteiger partial charge in [-0.15, -0.1) is 0 Å². The second-order valence-corrected chi connectivity index (χ2v) is 5.65. The van der Waals surface area contributed by atoms with E-state index in [0.717, 1.165) is 18.3 Å². The maximum absolute atomic E-state index is 11.3. The Morgan fingerprint density at radius 3 is 2.81 bits per heavy atom. The van der Waals surface area contributed by atoms with Crippen LogP contribution < -0.4 is 0 Å². The van der Waals surface area contributed by atoms with Gasteiger partial charge in [-0.2, -0.15) is 0 Å². The minimum absolute atomic E-state index is 0.195. The van der Waals surface area contributed by atoms with Crippen LogP contribution in [0, 0.1) is 23.7 Å². The Morgan fingerprint density at radius 1 is 1.50 bits per heavy atom. The highest BCUT2D eigenvalue weighted by Gasteiger charge is 2.39. The molecule has 88 valence electrons. The molecule has 1 saturated carbocycles. The van der Waals surface area contributed by atoms with Crippen LogP contribution in [0.25, 0.3) is 0 Å². The largest absolute Gasteiger partial charge is 0.300 e. The summed E-state index contributed by atoms with van der Waals surface area (Å²) in [5, 5.41) is 0. The van der Waals surface area contributed by atoms with Crippen LogP contribution in [0.5, 0.6) is 0 Å². The fraction of sp³-hybridized carbons (Fsp3) is 0.667. The summed E-state index contributed by atoms with van der Waals surface area (Å²) in [6, 6.07) is 0. The van der Waals surface area contributed by atoms with E-state index < -0.39 is 0 Å². The van der Waals surface area contributed by atoms with Gasteiger partial charge in [0.15, 0.2) is 0 Å². The van der Waals surface area contributed by atoms with Crippen molar-refractivity contribution in [3.05, 3.63) is 23.3 Å². The summed E-state index contributed by atoms with van der Waals surface area (Å²) in [7, 11) is 0. The Morgan fingerprint density at radius 2 is 2.19 bits per heavy atom. The number of rotatable bonds is 4. The lowest BCUT2D eigenvalue weighted by molar-refractivity contribution is -0.120. The molecule has 1 heteroatoms. The maximum Gasteiger partial charge on any atom is 0.132 e.